The molecule has 2 aliphatic heterocycles. The van der Waals surface area contributed by atoms with Gasteiger partial charge in [0.05, 0.1) is 30.7 Å². The van der Waals surface area contributed by atoms with E-state index < -0.39 is 10.0 Å². The molecule has 0 aliphatic carbocycles. The molecule has 2 fully saturated rings. The van der Waals surface area contributed by atoms with E-state index in [1.165, 1.54) is 10.4 Å². The van der Waals surface area contributed by atoms with E-state index in [4.69, 9.17) is 9.15 Å². The van der Waals surface area contributed by atoms with Gasteiger partial charge in [-0.25, -0.2) is 8.42 Å². The Morgan fingerprint density at radius 2 is 1.88 bits per heavy atom. The van der Waals surface area contributed by atoms with Crippen LogP contribution in [0, 0.1) is 6.92 Å². The molecule has 1 unspecified atom stereocenters. The molecule has 1 N–H and O–H groups in total. The lowest BCUT2D eigenvalue weighted by Gasteiger charge is -2.33. The van der Waals surface area contributed by atoms with Crippen molar-refractivity contribution in [2.45, 2.75) is 19.4 Å². The molecule has 8 nitrogen and oxygen atoms in total. The Balaban J connectivity index is 1.35. The van der Waals surface area contributed by atoms with Crippen molar-refractivity contribution in [1.82, 2.24) is 10.2 Å². The topological polar surface area (TPSA) is 92.1 Å². The number of furan rings is 1. The molecule has 0 spiro atoms. The molecule has 0 saturated carbocycles. The van der Waals surface area contributed by atoms with Crippen LogP contribution in [-0.4, -0.2) is 64.4 Å². The zero-order valence-corrected chi connectivity index (χ0v) is 19.0. The molecule has 3 heterocycles. The van der Waals surface area contributed by atoms with E-state index in [0.29, 0.717) is 38.4 Å². The van der Waals surface area contributed by atoms with Crippen molar-refractivity contribution in [3.63, 3.8) is 0 Å². The van der Waals surface area contributed by atoms with Crippen LogP contribution in [0.5, 0.6) is 0 Å². The third-order valence-corrected chi connectivity index (χ3v) is 7.62. The lowest BCUT2D eigenvalue weighted by atomic mass is 10.1. The van der Waals surface area contributed by atoms with Crippen molar-refractivity contribution >= 4 is 27.7 Å². The van der Waals surface area contributed by atoms with E-state index in [0.717, 1.165) is 30.2 Å². The Morgan fingerprint density at radius 1 is 1.12 bits per heavy atom. The fraction of sp³-hybridized carbons (Fsp3) is 0.435. The molecule has 2 aromatic rings. The van der Waals surface area contributed by atoms with Crippen LogP contribution >= 0.6 is 0 Å². The average Bonchev–Trinajstić information content (AvgIpc) is 3.38. The summed E-state index contributed by atoms with van der Waals surface area (Å²) in [4.78, 5) is 14.7. The summed E-state index contributed by atoms with van der Waals surface area (Å²) in [6, 6.07) is 11.0. The molecule has 2 aliphatic rings. The first-order valence-corrected chi connectivity index (χ1v) is 12.5. The van der Waals surface area contributed by atoms with E-state index in [1.807, 2.05) is 31.2 Å². The van der Waals surface area contributed by atoms with Gasteiger partial charge in [0.25, 0.3) is 0 Å². The van der Waals surface area contributed by atoms with Crippen LogP contribution in [0.25, 0.3) is 6.08 Å². The number of hydrogen-bond acceptors (Lipinski definition) is 6. The lowest BCUT2D eigenvalue weighted by molar-refractivity contribution is -0.116. The van der Waals surface area contributed by atoms with Crippen molar-refractivity contribution < 1.29 is 22.4 Å². The molecule has 1 atom stereocenters. The number of carbonyl (C=O) groups is 1. The summed E-state index contributed by atoms with van der Waals surface area (Å²) in [6.45, 7) is 5.76. The van der Waals surface area contributed by atoms with Crippen molar-refractivity contribution in [3.8, 4) is 0 Å². The third kappa shape index (κ3) is 5.40. The molecular weight excluding hydrogens is 430 g/mol. The number of ether oxygens (including phenoxy) is 1. The van der Waals surface area contributed by atoms with E-state index >= 15 is 0 Å². The van der Waals surface area contributed by atoms with Gasteiger partial charge in [0.1, 0.15) is 11.5 Å². The Morgan fingerprint density at radius 3 is 2.50 bits per heavy atom. The molecule has 9 heteroatoms. The molecule has 0 radical (unpaired) electrons. The largest absolute Gasteiger partial charge is 0.465 e. The Labute approximate surface area is 188 Å². The van der Waals surface area contributed by atoms with Crippen molar-refractivity contribution in [2.75, 3.05) is 49.5 Å². The van der Waals surface area contributed by atoms with Crippen molar-refractivity contribution in [1.29, 1.82) is 0 Å². The summed E-state index contributed by atoms with van der Waals surface area (Å²) in [5, 5.41) is 2.97. The summed E-state index contributed by atoms with van der Waals surface area (Å²) >= 11 is 0. The van der Waals surface area contributed by atoms with Gasteiger partial charge in [0.2, 0.25) is 15.9 Å². The minimum absolute atomic E-state index is 0.0494. The highest BCUT2D eigenvalue weighted by molar-refractivity contribution is 7.93. The van der Waals surface area contributed by atoms with Gasteiger partial charge in [0.15, 0.2) is 0 Å². The molecule has 2 saturated heterocycles. The number of aryl methyl sites for hydroxylation is 1. The molecular formula is C23H29N3O5S. The predicted molar refractivity (Wildman–Crippen MR) is 123 cm³/mol. The molecule has 1 aromatic heterocycles. The molecule has 0 bridgehead atoms. The highest BCUT2D eigenvalue weighted by Crippen LogP contribution is 2.25. The van der Waals surface area contributed by atoms with Crippen molar-refractivity contribution in [2.24, 2.45) is 0 Å². The molecule has 172 valence electrons. The van der Waals surface area contributed by atoms with Crippen LogP contribution in [0.4, 0.5) is 5.69 Å². The zero-order valence-electron chi connectivity index (χ0n) is 18.2. The lowest BCUT2D eigenvalue weighted by Crippen LogP contribution is -2.43. The number of amides is 1. The van der Waals surface area contributed by atoms with Crippen LogP contribution in [0.2, 0.25) is 0 Å². The summed E-state index contributed by atoms with van der Waals surface area (Å²) in [5.41, 5.74) is 1.48. The number of rotatable bonds is 7. The second-order valence-corrected chi connectivity index (χ2v) is 10.0. The first-order valence-electron chi connectivity index (χ1n) is 10.9. The van der Waals surface area contributed by atoms with Crippen molar-refractivity contribution in [3.05, 3.63) is 59.6 Å². The maximum Gasteiger partial charge on any atom is 0.244 e. The van der Waals surface area contributed by atoms with Gasteiger partial charge in [-0.05, 0) is 49.2 Å². The molecule has 1 aromatic carbocycles. The normalized spacial score (nSPS) is 20.0. The van der Waals surface area contributed by atoms with E-state index in [-0.39, 0.29) is 17.7 Å². The van der Waals surface area contributed by atoms with Crippen LogP contribution in [0.15, 0.2) is 46.9 Å². The Bertz CT molecular complexity index is 1060. The zero-order chi connectivity index (χ0) is 22.6. The number of carbonyl (C=O) groups excluding carboxylic acids is 1. The molecule has 1 amide bonds. The second kappa shape index (κ2) is 9.89. The number of benzene rings is 1. The van der Waals surface area contributed by atoms with E-state index in [2.05, 4.69) is 10.2 Å². The first-order chi connectivity index (χ1) is 15.4. The molecule has 4 rings (SSSR count). The standard InChI is InChI=1S/C23H29N3O5S/c1-18-3-9-22(31-18)21(25-12-14-30-15-13-25)17-24-23(27)10-6-19-4-7-20(8-5-19)26-11-2-16-32(26,28)29/h3-10,21H,2,11-17H2,1H3,(H,24,27)/b10-6+. The highest BCUT2D eigenvalue weighted by Gasteiger charge is 2.28. The van der Waals surface area contributed by atoms with Gasteiger partial charge in [-0.15, -0.1) is 0 Å². The SMILES string of the molecule is Cc1ccc(C(CNC(=O)/C=C/c2ccc(N3CCCS3(=O)=O)cc2)N2CCOCC2)o1. The quantitative estimate of drug-likeness (QED) is 0.639. The fourth-order valence-electron chi connectivity index (χ4n) is 4.04. The van der Waals surface area contributed by atoms with Gasteiger partial charge in [0, 0.05) is 32.3 Å². The van der Waals surface area contributed by atoms with Crippen LogP contribution in [-0.2, 0) is 19.6 Å². The fourth-order valence-corrected chi connectivity index (χ4v) is 5.61. The number of nitrogens with one attached hydrogen (secondary N) is 1. The smallest absolute Gasteiger partial charge is 0.244 e. The maximum absolute atomic E-state index is 12.4. The van der Waals surface area contributed by atoms with E-state index in [1.54, 1.807) is 18.2 Å². The molecule has 32 heavy (non-hydrogen) atoms. The second-order valence-electron chi connectivity index (χ2n) is 8.02. The van der Waals surface area contributed by atoms with Crippen LogP contribution < -0.4 is 9.62 Å². The minimum Gasteiger partial charge on any atom is -0.465 e. The Hall–Kier alpha value is -2.62. The predicted octanol–water partition coefficient (Wildman–Crippen LogP) is 2.33. The maximum atomic E-state index is 12.4. The van der Waals surface area contributed by atoms with Gasteiger partial charge in [-0.1, -0.05) is 12.1 Å². The monoisotopic (exact) mass is 459 g/mol. The Kier molecular flexibility index (Phi) is 6.98. The minimum atomic E-state index is -3.19. The van der Waals surface area contributed by atoms with Crippen LogP contribution in [0.3, 0.4) is 0 Å². The summed E-state index contributed by atoms with van der Waals surface area (Å²) < 4.78 is 36.8. The van der Waals surface area contributed by atoms with Gasteiger partial charge >= 0.3 is 0 Å². The van der Waals surface area contributed by atoms with E-state index in [9.17, 15) is 13.2 Å². The number of sulfonamides is 1. The van der Waals surface area contributed by atoms with Gasteiger partial charge in [-0.3, -0.25) is 14.0 Å². The first kappa shape index (κ1) is 22.6. The summed E-state index contributed by atoms with van der Waals surface area (Å²) in [7, 11) is -3.19. The van der Waals surface area contributed by atoms with Gasteiger partial charge in [-0.2, -0.15) is 0 Å². The number of hydrogen-bond donors (Lipinski definition) is 1. The number of anilines is 1. The average molecular weight is 460 g/mol. The van der Waals surface area contributed by atoms with Gasteiger partial charge < -0.3 is 14.5 Å². The number of morpholine rings is 1. The summed E-state index contributed by atoms with van der Waals surface area (Å²) in [6.07, 6.45) is 3.86. The third-order valence-electron chi connectivity index (χ3n) is 5.75. The van der Waals surface area contributed by atoms with Crippen LogP contribution in [0.1, 0.15) is 29.5 Å². The number of nitrogens with zero attached hydrogens (tertiary/aromatic N) is 2. The highest BCUT2D eigenvalue weighted by atomic mass is 32.2. The summed E-state index contributed by atoms with van der Waals surface area (Å²) in [5.74, 6) is 1.67.